The molecule has 0 radical (unpaired) electrons. The maximum Gasteiger partial charge on any atom is 0.332 e. The van der Waals surface area contributed by atoms with E-state index in [0.29, 0.717) is 0 Å². The second kappa shape index (κ2) is 5.94. The standard InChI is InChI=1S/C11H13N5O5/c1-5-8(4-13-14-11(12)17)6(2)10(16(20)21)7(3)9(5)15(18)19/h4H,1-3H3,(H3,12,14,17)/b13-4+. The van der Waals surface area contributed by atoms with Crippen molar-refractivity contribution in [3.05, 3.63) is 42.5 Å². The van der Waals surface area contributed by atoms with Crippen LogP contribution < -0.4 is 11.2 Å². The molecule has 0 aliphatic heterocycles. The summed E-state index contributed by atoms with van der Waals surface area (Å²) in [6, 6.07) is -0.919. The first-order valence-electron chi connectivity index (χ1n) is 5.69. The molecule has 0 spiro atoms. The minimum absolute atomic E-state index is 0.0278. The number of hydrazone groups is 1. The van der Waals surface area contributed by atoms with Gasteiger partial charge in [-0.25, -0.2) is 10.2 Å². The molecule has 0 bridgehead atoms. The van der Waals surface area contributed by atoms with Crippen molar-refractivity contribution in [1.29, 1.82) is 0 Å². The summed E-state index contributed by atoms with van der Waals surface area (Å²) in [5, 5.41) is 25.7. The summed E-state index contributed by atoms with van der Waals surface area (Å²) in [4.78, 5) is 31.4. The van der Waals surface area contributed by atoms with Crippen molar-refractivity contribution in [2.24, 2.45) is 10.8 Å². The van der Waals surface area contributed by atoms with E-state index in [9.17, 15) is 25.0 Å². The van der Waals surface area contributed by atoms with Gasteiger partial charge in [0.15, 0.2) is 0 Å². The fourth-order valence-electron chi connectivity index (χ4n) is 2.11. The Kier molecular flexibility index (Phi) is 4.53. The van der Waals surface area contributed by atoms with Gasteiger partial charge in [0.05, 0.1) is 16.1 Å². The number of nitro benzene ring substituents is 2. The molecule has 10 nitrogen and oxygen atoms in total. The molecule has 0 fully saturated rings. The van der Waals surface area contributed by atoms with Crippen LogP contribution in [0.5, 0.6) is 0 Å². The summed E-state index contributed by atoms with van der Waals surface area (Å²) < 4.78 is 0. The highest BCUT2D eigenvalue weighted by Gasteiger charge is 2.30. The Labute approximate surface area is 118 Å². The third-order valence-electron chi connectivity index (χ3n) is 2.96. The van der Waals surface area contributed by atoms with E-state index in [2.05, 4.69) is 5.10 Å². The van der Waals surface area contributed by atoms with E-state index in [4.69, 9.17) is 5.73 Å². The Morgan fingerprint density at radius 2 is 1.52 bits per heavy atom. The van der Waals surface area contributed by atoms with Crippen molar-refractivity contribution in [2.45, 2.75) is 20.8 Å². The molecule has 0 heterocycles. The topological polar surface area (TPSA) is 154 Å². The van der Waals surface area contributed by atoms with E-state index < -0.39 is 15.9 Å². The lowest BCUT2D eigenvalue weighted by Gasteiger charge is -2.10. The van der Waals surface area contributed by atoms with Gasteiger partial charge in [-0.1, -0.05) is 0 Å². The lowest BCUT2D eigenvalue weighted by atomic mass is 9.95. The van der Waals surface area contributed by atoms with E-state index in [1.807, 2.05) is 5.43 Å². The molecule has 1 aromatic rings. The Morgan fingerprint density at radius 3 is 1.86 bits per heavy atom. The number of nitrogens with one attached hydrogen (secondary N) is 1. The molecule has 1 rings (SSSR count). The van der Waals surface area contributed by atoms with Crippen molar-refractivity contribution >= 4 is 23.6 Å². The average Bonchev–Trinajstić information content (AvgIpc) is 2.31. The first-order valence-corrected chi connectivity index (χ1v) is 5.69. The van der Waals surface area contributed by atoms with Crippen LogP contribution in [0.2, 0.25) is 0 Å². The molecule has 0 unspecified atom stereocenters. The second-order valence-corrected chi connectivity index (χ2v) is 4.23. The number of carbonyl (C=O) groups excluding carboxylic acids is 1. The summed E-state index contributed by atoms with van der Waals surface area (Å²) in [5.41, 5.74) is 6.65. The summed E-state index contributed by atoms with van der Waals surface area (Å²) in [6.07, 6.45) is 1.09. The Morgan fingerprint density at radius 1 is 1.10 bits per heavy atom. The van der Waals surface area contributed by atoms with Gasteiger partial charge in [-0.2, -0.15) is 5.10 Å². The van der Waals surface area contributed by atoms with Crippen LogP contribution in [0.1, 0.15) is 22.3 Å². The van der Waals surface area contributed by atoms with Crippen molar-refractivity contribution in [2.75, 3.05) is 0 Å². The Bertz CT molecular complexity index is 626. The molecular formula is C11H13N5O5. The van der Waals surface area contributed by atoms with Gasteiger partial charge in [-0.15, -0.1) is 0 Å². The number of urea groups is 1. The quantitative estimate of drug-likeness (QED) is 0.488. The average molecular weight is 295 g/mol. The van der Waals surface area contributed by atoms with Crippen molar-refractivity contribution in [3.63, 3.8) is 0 Å². The molecule has 0 atom stereocenters. The normalized spacial score (nSPS) is 10.6. The Balaban J connectivity index is 3.63. The number of hydrogen-bond acceptors (Lipinski definition) is 6. The molecular weight excluding hydrogens is 282 g/mol. The molecule has 21 heavy (non-hydrogen) atoms. The summed E-state index contributed by atoms with van der Waals surface area (Å²) in [6.45, 7) is 4.22. The molecule has 0 saturated heterocycles. The van der Waals surface area contributed by atoms with Crippen LogP contribution in [0, 0.1) is 41.0 Å². The minimum Gasteiger partial charge on any atom is -0.350 e. The number of amides is 2. The zero-order valence-corrected chi connectivity index (χ0v) is 11.5. The monoisotopic (exact) mass is 295 g/mol. The zero-order chi connectivity index (χ0) is 16.3. The van der Waals surface area contributed by atoms with Gasteiger partial charge in [0.25, 0.3) is 11.4 Å². The number of rotatable bonds is 4. The smallest absolute Gasteiger partial charge is 0.332 e. The summed E-state index contributed by atoms with van der Waals surface area (Å²) in [5.74, 6) is 0. The third kappa shape index (κ3) is 3.11. The lowest BCUT2D eigenvalue weighted by molar-refractivity contribution is -0.395. The zero-order valence-electron chi connectivity index (χ0n) is 11.5. The van der Waals surface area contributed by atoms with E-state index in [1.165, 1.54) is 20.8 Å². The van der Waals surface area contributed by atoms with Crippen LogP contribution >= 0.6 is 0 Å². The largest absolute Gasteiger partial charge is 0.350 e. The number of benzene rings is 1. The number of nitrogens with zero attached hydrogens (tertiary/aromatic N) is 3. The minimum atomic E-state index is -0.919. The van der Waals surface area contributed by atoms with Crippen LogP contribution in [-0.2, 0) is 0 Å². The van der Waals surface area contributed by atoms with Gasteiger partial charge >= 0.3 is 6.03 Å². The van der Waals surface area contributed by atoms with Crippen LogP contribution in [-0.4, -0.2) is 22.1 Å². The number of nitrogens with two attached hydrogens (primary N) is 1. The summed E-state index contributed by atoms with van der Waals surface area (Å²) in [7, 11) is 0. The van der Waals surface area contributed by atoms with Gasteiger partial charge in [-0.3, -0.25) is 20.2 Å². The van der Waals surface area contributed by atoms with Crippen molar-refractivity contribution in [1.82, 2.24) is 5.43 Å². The van der Waals surface area contributed by atoms with Gasteiger partial charge in [0.2, 0.25) is 0 Å². The number of hydrogen-bond donors (Lipinski definition) is 2. The van der Waals surface area contributed by atoms with Crippen LogP contribution in [0.15, 0.2) is 5.10 Å². The molecule has 2 amide bonds. The fraction of sp³-hybridized carbons (Fsp3) is 0.273. The predicted molar refractivity (Wildman–Crippen MR) is 74.3 cm³/mol. The highest BCUT2D eigenvalue weighted by Crippen LogP contribution is 2.36. The van der Waals surface area contributed by atoms with Crippen molar-refractivity contribution < 1.29 is 14.6 Å². The highest BCUT2D eigenvalue weighted by molar-refractivity contribution is 5.89. The van der Waals surface area contributed by atoms with E-state index in [0.717, 1.165) is 6.21 Å². The molecule has 0 aliphatic carbocycles. The van der Waals surface area contributed by atoms with E-state index in [1.54, 1.807) is 0 Å². The number of nitro groups is 2. The molecule has 0 aliphatic rings. The Hall–Kier alpha value is -3.04. The lowest BCUT2D eigenvalue weighted by Crippen LogP contribution is -2.24. The maximum absolute atomic E-state index is 11.1. The molecule has 0 saturated carbocycles. The molecule has 10 heteroatoms. The third-order valence-corrected chi connectivity index (χ3v) is 2.96. The first kappa shape index (κ1) is 16.0. The van der Waals surface area contributed by atoms with Crippen molar-refractivity contribution in [3.8, 4) is 0 Å². The molecule has 3 N–H and O–H groups in total. The molecule has 112 valence electrons. The molecule has 0 aromatic heterocycles. The van der Waals surface area contributed by atoms with Gasteiger partial charge < -0.3 is 5.73 Å². The van der Waals surface area contributed by atoms with Crippen LogP contribution in [0.25, 0.3) is 0 Å². The number of carbonyl (C=O) groups is 1. The number of primary amides is 1. The van der Waals surface area contributed by atoms with E-state index in [-0.39, 0.29) is 33.6 Å². The highest BCUT2D eigenvalue weighted by atomic mass is 16.6. The second-order valence-electron chi connectivity index (χ2n) is 4.23. The van der Waals surface area contributed by atoms with Crippen LogP contribution in [0.4, 0.5) is 16.2 Å². The molecule has 1 aromatic carbocycles. The predicted octanol–water partition coefficient (Wildman–Crippen LogP) is 1.43. The SMILES string of the molecule is Cc1c(/C=N/NC(N)=O)c(C)c([N+](=O)[O-])c(C)c1[N+](=O)[O-]. The van der Waals surface area contributed by atoms with E-state index >= 15 is 0 Å². The van der Waals surface area contributed by atoms with Crippen LogP contribution in [0.3, 0.4) is 0 Å². The first-order chi connectivity index (χ1) is 9.68. The van der Waals surface area contributed by atoms with Gasteiger partial charge in [0, 0.05) is 16.7 Å². The fourth-order valence-corrected chi connectivity index (χ4v) is 2.11. The van der Waals surface area contributed by atoms with Gasteiger partial charge in [-0.05, 0) is 20.8 Å². The summed E-state index contributed by atoms with van der Waals surface area (Å²) >= 11 is 0. The maximum atomic E-state index is 11.1. The van der Waals surface area contributed by atoms with Gasteiger partial charge in [0.1, 0.15) is 5.56 Å².